The number of amides is 1. The second-order valence-electron chi connectivity index (χ2n) is 3.77. The third kappa shape index (κ3) is 2.80. The van der Waals surface area contributed by atoms with E-state index in [-0.39, 0.29) is 11.6 Å². The van der Waals surface area contributed by atoms with E-state index in [1.807, 2.05) is 31.2 Å². The fourth-order valence-corrected chi connectivity index (χ4v) is 1.36. The summed E-state index contributed by atoms with van der Waals surface area (Å²) in [4.78, 5) is 11.8. The minimum atomic E-state index is -0.310. The second-order valence-corrected chi connectivity index (χ2v) is 3.77. The number of nitrogens with one attached hydrogen (secondary N) is 2. The number of nitrogens with two attached hydrogens (primary N) is 1. The normalized spacial score (nSPS) is 9.89. The maximum absolute atomic E-state index is 11.8. The largest absolute Gasteiger partial charge is 0.321 e. The van der Waals surface area contributed by atoms with E-state index in [9.17, 15) is 4.79 Å². The summed E-state index contributed by atoms with van der Waals surface area (Å²) in [5.41, 5.74) is 4.42. The van der Waals surface area contributed by atoms with Crippen molar-refractivity contribution in [1.82, 2.24) is 10.2 Å². The Balaban J connectivity index is 2.09. The number of anilines is 2. The molecule has 4 N–H and O–H groups in total. The summed E-state index contributed by atoms with van der Waals surface area (Å²) in [7, 11) is 0. The van der Waals surface area contributed by atoms with Gasteiger partial charge >= 0.3 is 0 Å². The summed E-state index contributed by atoms with van der Waals surface area (Å²) in [5, 5.41) is 10.2. The zero-order valence-electron chi connectivity index (χ0n) is 9.84. The van der Waals surface area contributed by atoms with Crippen LogP contribution in [0.2, 0.25) is 0 Å². The molecule has 0 spiro atoms. The van der Waals surface area contributed by atoms with Crippen molar-refractivity contribution in [3.63, 3.8) is 0 Å². The molecule has 1 aromatic carbocycles. The summed E-state index contributed by atoms with van der Waals surface area (Å²) in [5.74, 6) is 5.25. The molecule has 6 heteroatoms. The van der Waals surface area contributed by atoms with Crippen LogP contribution in [0.3, 0.4) is 0 Å². The predicted octanol–water partition coefficient (Wildman–Crippen LogP) is 1.32. The van der Waals surface area contributed by atoms with Gasteiger partial charge in [0.1, 0.15) is 0 Å². The van der Waals surface area contributed by atoms with E-state index in [0.29, 0.717) is 11.5 Å². The van der Waals surface area contributed by atoms with Gasteiger partial charge in [-0.2, -0.15) is 0 Å². The van der Waals surface area contributed by atoms with Crippen molar-refractivity contribution >= 4 is 17.4 Å². The molecule has 0 atom stereocenters. The molecule has 2 aromatic rings. The van der Waals surface area contributed by atoms with Gasteiger partial charge in [0.25, 0.3) is 5.91 Å². The molecule has 0 unspecified atom stereocenters. The van der Waals surface area contributed by atoms with Crippen molar-refractivity contribution in [3.05, 3.63) is 47.7 Å². The molecular weight excluding hydrogens is 230 g/mol. The van der Waals surface area contributed by atoms with Crippen LogP contribution < -0.4 is 16.6 Å². The van der Waals surface area contributed by atoms with E-state index in [1.165, 1.54) is 0 Å². The maximum atomic E-state index is 11.8. The Morgan fingerprint density at radius 3 is 2.39 bits per heavy atom. The molecule has 1 aromatic heterocycles. The molecule has 0 saturated carbocycles. The Kier molecular flexibility index (Phi) is 3.49. The van der Waals surface area contributed by atoms with Crippen LogP contribution in [0.1, 0.15) is 16.1 Å². The second kappa shape index (κ2) is 5.24. The number of carbonyl (C=O) groups excluding carboxylic acids is 1. The molecule has 0 fully saturated rings. The monoisotopic (exact) mass is 243 g/mol. The first kappa shape index (κ1) is 12.0. The van der Waals surface area contributed by atoms with Gasteiger partial charge in [0.2, 0.25) is 0 Å². The lowest BCUT2D eigenvalue weighted by atomic mass is 10.2. The number of aryl methyl sites for hydroxylation is 1. The van der Waals surface area contributed by atoms with E-state index in [4.69, 9.17) is 5.84 Å². The van der Waals surface area contributed by atoms with Crippen LogP contribution >= 0.6 is 0 Å². The number of nitrogens with zero attached hydrogens (tertiary/aromatic N) is 2. The number of aromatic nitrogens is 2. The minimum Gasteiger partial charge on any atom is -0.321 e. The average molecular weight is 243 g/mol. The van der Waals surface area contributed by atoms with Crippen LogP contribution in [0, 0.1) is 6.92 Å². The molecule has 92 valence electrons. The Morgan fingerprint density at radius 2 is 1.83 bits per heavy atom. The van der Waals surface area contributed by atoms with Crippen LogP contribution in [0.4, 0.5) is 11.5 Å². The Labute approximate surface area is 104 Å². The highest BCUT2D eigenvalue weighted by Crippen LogP contribution is 2.10. The van der Waals surface area contributed by atoms with Gasteiger partial charge in [0.05, 0.1) is 0 Å². The zero-order valence-corrected chi connectivity index (χ0v) is 9.84. The fraction of sp³-hybridized carbons (Fsp3) is 0.0833. The standard InChI is InChI=1S/C12H13N5O/c1-8-2-4-9(5-3-8)14-12(18)10-6-7-11(15-13)17-16-10/h2-7H,13H2,1H3,(H,14,18)(H,15,17). The van der Waals surface area contributed by atoms with E-state index >= 15 is 0 Å². The van der Waals surface area contributed by atoms with Gasteiger partial charge in [-0.25, -0.2) is 5.84 Å². The molecule has 0 aliphatic carbocycles. The Bertz CT molecular complexity index is 535. The number of benzene rings is 1. The first-order valence-corrected chi connectivity index (χ1v) is 5.37. The summed E-state index contributed by atoms with van der Waals surface area (Å²) in [6, 6.07) is 10.6. The first-order chi connectivity index (χ1) is 8.69. The van der Waals surface area contributed by atoms with Crippen molar-refractivity contribution in [2.24, 2.45) is 5.84 Å². The number of hydrazine groups is 1. The number of nitrogen functional groups attached to an aromatic ring is 1. The van der Waals surface area contributed by atoms with Crippen molar-refractivity contribution in [2.45, 2.75) is 6.92 Å². The third-order valence-corrected chi connectivity index (χ3v) is 2.35. The van der Waals surface area contributed by atoms with Crippen LogP contribution in [-0.4, -0.2) is 16.1 Å². The summed E-state index contributed by atoms with van der Waals surface area (Å²) in [6.07, 6.45) is 0. The molecular formula is C12H13N5O. The van der Waals surface area contributed by atoms with E-state index in [2.05, 4.69) is 20.9 Å². The quantitative estimate of drug-likeness (QED) is 0.558. The summed E-state index contributed by atoms with van der Waals surface area (Å²) in [6.45, 7) is 1.98. The van der Waals surface area contributed by atoms with Crippen LogP contribution in [0.25, 0.3) is 0 Å². The summed E-state index contributed by atoms with van der Waals surface area (Å²) >= 11 is 0. The lowest BCUT2D eigenvalue weighted by Crippen LogP contribution is -2.16. The highest BCUT2D eigenvalue weighted by Gasteiger charge is 2.08. The van der Waals surface area contributed by atoms with Crippen molar-refractivity contribution in [1.29, 1.82) is 0 Å². The lowest BCUT2D eigenvalue weighted by Gasteiger charge is -2.05. The van der Waals surface area contributed by atoms with Gasteiger partial charge in [0.15, 0.2) is 11.5 Å². The molecule has 18 heavy (non-hydrogen) atoms. The number of hydrogen-bond donors (Lipinski definition) is 3. The Hall–Kier alpha value is -2.47. The molecule has 0 radical (unpaired) electrons. The van der Waals surface area contributed by atoms with Crippen molar-refractivity contribution < 1.29 is 4.79 Å². The van der Waals surface area contributed by atoms with Gasteiger partial charge in [-0.3, -0.25) is 4.79 Å². The van der Waals surface area contributed by atoms with Crippen LogP contribution in [-0.2, 0) is 0 Å². The number of hydrogen-bond acceptors (Lipinski definition) is 5. The number of rotatable bonds is 3. The molecule has 0 saturated heterocycles. The van der Waals surface area contributed by atoms with Crippen molar-refractivity contribution in [3.8, 4) is 0 Å². The van der Waals surface area contributed by atoms with E-state index < -0.39 is 0 Å². The molecule has 2 rings (SSSR count). The fourth-order valence-electron chi connectivity index (χ4n) is 1.36. The third-order valence-electron chi connectivity index (χ3n) is 2.35. The number of carbonyl (C=O) groups is 1. The van der Waals surface area contributed by atoms with Gasteiger partial charge < -0.3 is 10.7 Å². The van der Waals surface area contributed by atoms with Crippen LogP contribution in [0.15, 0.2) is 36.4 Å². The average Bonchev–Trinajstić information content (AvgIpc) is 2.41. The molecule has 0 bridgehead atoms. The minimum absolute atomic E-state index is 0.231. The lowest BCUT2D eigenvalue weighted by molar-refractivity contribution is 0.102. The highest BCUT2D eigenvalue weighted by molar-refractivity contribution is 6.02. The smallest absolute Gasteiger partial charge is 0.276 e. The molecule has 0 aliphatic heterocycles. The summed E-state index contributed by atoms with van der Waals surface area (Å²) < 4.78 is 0. The van der Waals surface area contributed by atoms with Crippen molar-refractivity contribution in [2.75, 3.05) is 10.7 Å². The maximum Gasteiger partial charge on any atom is 0.276 e. The predicted molar refractivity (Wildman–Crippen MR) is 69.0 cm³/mol. The van der Waals surface area contributed by atoms with Gasteiger partial charge in [-0.05, 0) is 31.2 Å². The Morgan fingerprint density at radius 1 is 1.11 bits per heavy atom. The van der Waals surface area contributed by atoms with Crippen LogP contribution in [0.5, 0.6) is 0 Å². The van der Waals surface area contributed by atoms with Gasteiger partial charge in [-0.1, -0.05) is 17.7 Å². The molecule has 1 heterocycles. The molecule has 0 aliphatic rings. The molecule has 6 nitrogen and oxygen atoms in total. The first-order valence-electron chi connectivity index (χ1n) is 5.37. The van der Waals surface area contributed by atoms with E-state index in [0.717, 1.165) is 5.56 Å². The van der Waals surface area contributed by atoms with Gasteiger partial charge in [-0.15, -0.1) is 10.2 Å². The highest BCUT2D eigenvalue weighted by atomic mass is 16.1. The van der Waals surface area contributed by atoms with E-state index in [1.54, 1.807) is 12.1 Å². The topological polar surface area (TPSA) is 92.9 Å². The SMILES string of the molecule is Cc1ccc(NC(=O)c2ccc(NN)nn2)cc1. The van der Waals surface area contributed by atoms with Gasteiger partial charge in [0, 0.05) is 5.69 Å². The zero-order chi connectivity index (χ0) is 13.0. The molecule has 1 amide bonds.